The largest absolute Gasteiger partial charge is 0.467 e. The maximum Gasteiger partial charge on any atom is 0.332 e. The molecule has 0 saturated heterocycles. The van der Waals surface area contributed by atoms with Crippen LogP contribution in [-0.4, -0.2) is 34.9 Å². The van der Waals surface area contributed by atoms with Crippen LogP contribution >= 0.6 is 0 Å². The monoisotopic (exact) mass is 260 g/mol. The van der Waals surface area contributed by atoms with E-state index in [4.69, 9.17) is 4.74 Å². The molecular weight excluding hydrogens is 244 g/mol. The second kappa shape index (κ2) is 5.62. The summed E-state index contributed by atoms with van der Waals surface area (Å²) in [6, 6.07) is 9.42. The SMILES string of the molecule is CNC(Cn1cncn1)(C(=O)OC)c1ccccc1. The molecule has 0 fully saturated rings. The summed E-state index contributed by atoms with van der Waals surface area (Å²) < 4.78 is 6.54. The number of ether oxygens (including phenoxy) is 1. The van der Waals surface area contributed by atoms with Crippen molar-refractivity contribution in [3.63, 3.8) is 0 Å². The van der Waals surface area contributed by atoms with Crippen LogP contribution in [-0.2, 0) is 21.6 Å². The number of methoxy groups -OCH3 is 1. The predicted octanol–water partition coefficient (Wildman–Crippen LogP) is 0.566. The van der Waals surface area contributed by atoms with Gasteiger partial charge < -0.3 is 4.74 Å². The molecule has 6 nitrogen and oxygen atoms in total. The van der Waals surface area contributed by atoms with Gasteiger partial charge in [0, 0.05) is 0 Å². The van der Waals surface area contributed by atoms with Crippen molar-refractivity contribution < 1.29 is 9.53 Å². The summed E-state index contributed by atoms with van der Waals surface area (Å²) in [6.07, 6.45) is 3.00. The van der Waals surface area contributed by atoms with Gasteiger partial charge in [-0.2, -0.15) is 5.10 Å². The standard InChI is InChI=1S/C13H16N4O2/c1-14-13(12(18)19-2,8-17-10-15-9-16-17)11-6-4-3-5-7-11/h3-7,9-10,14H,8H2,1-2H3. The lowest BCUT2D eigenvalue weighted by Crippen LogP contribution is -2.51. The average Bonchev–Trinajstić information content (AvgIpc) is 2.97. The molecule has 0 aliphatic carbocycles. The third-order valence-corrected chi connectivity index (χ3v) is 3.09. The van der Waals surface area contributed by atoms with Gasteiger partial charge in [0.1, 0.15) is 12.7 Å². The van der Waals surface area contributed by atoms with Gasteiger partial charge in [0.05, 0.1) is 13.7 Å². The van der Waals surface area contributed by atoms with E-state index in [1.807, 2.05) is 30.3 Å². The number of carbonyl (C=O) groups excluding carboxylic acids is 1. The van der Waals surface area contributed by atoms with Crippen molar-refractivity contribution in [1.29, 1.82) is 0 Å². The number of rotatable bonds is 5. The first-order chi connectivity index (χ1) is 9.23. The van der Waals surface area contributed by atoms with Gasteiger partial charge in [0.25, 0.3) is 0 Å². The molecular formula is C13H16N4O2. The number of nitrogens with zero attached hydrogens (tertiary/aromatic N) is 3. The Balaban J connectivity index is 2.45. The number of esters is 1. The lowest BCUT2D eigenvalue weighted by atomic mass is 9.90. The van der Waals surface area contributed by atoms with Crippen molar-refractivity contribution in [2.24, 2.45) is 0 Å². The molecule has 0 radical (unpaired) electrons. The third kappa shape index (κ3) is 2.48. The van der Waals surface area contributed by atoms with Crippen molar-refractivity contribution in [3.8, 4) is 0 Å². The molecule has 1 N–H and O–H groups in total. The molecule has 1 heterocycles. The van der Waals surface area contributed by atoms with Crippen LogP contribution < -0.4 is 5.32 Å². The Labute approximate surface area is 111 Å². The average molecular weight is 260 g/mol. The molecule has 1 atom stereocenters. The number of hydrogen-bond acceptors (Lipinski definition) is 5. The summed E-state index contributed by atoms with van der Waals surface area (Å²) in [5.41, 5.74) is -0.163. The summed E-state index contributed by atoms with van der Waals surface area (Å²) in [5.74, 6) is -0.364. The smallest absolute Gasteiger partial charge is 0.332 e. The summed E-state index contributed by atoms with van der Waals surface area (Å²) in [7, 11) is 3.10. The van der Waals surface area contributed by atoms with Gasteiger partial charge in [-0.05, 0) is 12.6 Å². The van der Waals surface area contributed by atoms with Gasteiger partial charge in [0.15, 0.2) is 5.54 Å². The second-order valence-corrected chi connectivity index (χ2v) is 4.11. The van der Waals surface area contributed by atoms with Crippen LogP contribution in [0.25, 0.3) is 0 Å². The highest BCUT2D eigenvalue weighted by Gasteiger charge is 2.40. The van der Waals surface area contributed by atoms with Gasteiger partial charge in [-0.1, -0.05) is 30.3 Å². The van der Waals surface area contributed by atoms with Crippen LogP contribution in [0.3, 0.4) is 0 Å². The van der Waals surface area contributed by atoms with E-state index in [0.717, 1.165) is 5.56 Å². The fourth-order valence-corrected chi connectivity index (χ4v) is 2.05. The van der Waals surface area contributed by atoms with Gasteiger partial charge in [-0.15, -0.1) is 0 Å². The Morgan fingerprint density at radius 3 is 2.68 bits per heavy atom. The Morgan fingerprint density at radius 2 is 2.16 bits per heavy atom. The van der Waals surface area contributed by atoms with E-state index >= 15 is 0 Å². The molecule has 2 aromatic rings. The minimum atomic E-state index is -0.982. The topological polar surface area (TPSA) is 69.0 Å². The minimum absolute atomic E-state index is 0.306. The van der Waals surface area contributed by atoms with Crippen molar-refractivity contribution in [1.82, 2.24) is 20.1 Å². The van der Waals surface area contributed by atoms with Crippen molar-refractivity contribution in [3.05, 3.63) is 48.5 Å². The first kappa shape index (κ1) is 13.2. The Kier molecular flexibility index (Phi) is 3.91. The van der Waals surface area contributed by atoms with Crippen LogP contribution in [0.5, 0.6) is 0 Å². The Bertz CT molecular complexity index is 527. The molecule has 0 aliphatic rings. The number of nitrogens with one attached hydrogen (secondary N) is 1. The molecule has 2 rings (SSSR count). The van der Waals surface area contributed by atoms with Crippen molar-refractivity contribution in [2.45, 2.75) is 12.1 Å². The lowest BCUT2D eigenvalue weighted by Gasteiger charge is -2.30. The predicted molar refractivity (Wildman–Crippen MR) is 69.2 cm³/mol. The summed E-state index contributed by atoms with van der Waals surface area (Å²) >= 11 is 0. The summed E-state index contributed by atoms with van der Waals surface area (Å²) in [4.78, 5) is 16.1. The van der Waals surface area contributed by atoms with Crippen molar-refractivity contribution >= 4 is 5.97 Å². The zero-order chi connectivity index (χ0) is 13.7. The van der Waals surface area contributed by atoms with Gasteiger partial charge >= 0.3 is 5.97 Å². The Hall–Kier alpha value is -2.21. The van der Waals surface area contributed by atoms with Crippen LogP contribution in [0.4, 0.5) is 0 Å². The minimum Gasteiger partial charge on any atom is -0.467 e. The van der Waals surface area contributed by atoms with E-state index in [1.54, 1.807) is 18.1 Å². The highest BCUT2D eigenvalue weighted by atomic mass is 16.5. The zero-order valence-electron chi connectivity index (χ0n) is 10.9. The highest BCUT2D eigenvalue weighted by Crippen LogP contribution is 2.24. The molecule has 0 bridgehead atoms. The van der Waals surface area contributed by atoms with E-state index in [-0.39, 0.29) is 5.97 Å². The molecule has 0 spiro atoms. The first-order valence-electron chi connectivity index (χ1n) is 5.88. The maximum atomic E-state index is 12.2. The summed E-state index contributed by atoms with van der Waals surface area (Å²) in [5, 5.41) is 7.11. The molecule has 100 valence electrons. The number of benzene rings is 1. The van der Waals surface area contributed by atoms with E-state index < -0.39 is 5.54 Å². The molecule has 1 unspecified atom stereocenters. The van der Waals surface area contributed by atoms with Gasteiger partial charge in [0.2, 0.25) is 0 Å². The van der Waals surface area contributed by atoms with Crippen LogP contribution in [0.15, 0.2) is 43.0 Å². The number of carbonyl (C=O) groups is 1. The molecule has 0 saturated carbocycles. The number of aromatic nitrogens is 3. The molecule has 1 aromatic heterocycles. The lowest BCUT2D eigenvalue weighted by molar-refractivity contribution is -0.149. The quantitative estimate of drug-likeness (QED) is 0.796. The zero-order valence-corrected chi connectivity index (χ0v) is 10.9. The highest BCUT2D eigenvalue weighted by molar-refractivity contribution is 5.82. The molecule has 6 heteroatoms. The third-order valence-electron chi connectivity index (χ3n) is 3.09. The molecule has 1 aromatic carbocycles. The summed E-state index contributed by atoms with van der Waals surface area (Å²) in [6.45, 7) is 0.306. The van der Waals surface area contributed by atoms with Crippen molar-refractivity contribution in [2.75, 3.05) is 14.2 Å². The number of likely N-dealkylation sites (N-methyl/N-ethyl adjacent to an activating group) is 1. The second-order valence-electron chi connectivity index (χ2n) is 4.11. The molecule has 0 amide bonds. The molecule has 19 heavy (non-hydrogen) atoms. The van der Waals surface area contributed by atoms with Gasteiger partial charge in [-0.3, -0.25) is 10.00 Å². The molecule has 0 aliphatic heterocycles. The van der Waals surface area contributed by atoms with Crippen LogP contribution in [0.1, 0.15) is 5.56 Å². The van der Waals surface area contributed by atoms with E-state index in [9.17, 15) is 4.79 Å². The number of hydrogen-bond donors (Lipinski definition) is 1. The van der Waals surface area contributed by atoms with Gasteiger partial charge in [-0.25, -0.2) is 9.78 Å². The normalized spacial score (nSPS) is 13.8. The van der Waals surface area contributed by atoms with E-state index in [1.165, 1.54) is 13.4 Å². The van der Waals surface area contributed by atoms with Crippen LogP contribution in [0, 0.1) is 0 Å². The van der Waals surface area contributed by atoms with E-state index in [2.05, 4.69) is 15.4 Å². The maximum absolute atomic E-state index is 12.2. The van der Waals surface area contributed by atoms with E-state index in [0.29, 0.717) is 6.54 Å². The van der Waals surface area contributed by atoms with Crippen LogP contribution in [0.2, 0.25) is 0 Å². The fraction of sp³-hybridized carbons (Fsp3) is 0.308. The fourth-order valence-electron chi connectivity index (χ4n) is 2.05. The first-order valence-corrected chi connectivity index (χ1v) is 5.88. The Morgan fingerprint density at radius 1 is 1.42 bits per heavy atom.